The van der Waals surface area contributed by atoms with Gasteiger partial charge in [-0.2, -0.15) is 0 Å². The van der Waals surface area contributed by atoms with Crippen LogP contribution in [0, 0.1) is 0 Å². The van der Waals surface area contributed by atoms with Gasteiger partial charge in [0.25, 0.3) is 0 Å². The van der Waals surface area contributed by atoms with Crippen molar-refractivity contribution in [3.8, 4) is 5.75 Å². The lowest BCUT2D eigenvalue weighted by atomic mass is 9.92. The highest BCUT2D eigenvalue weighted by molar-refractivity contribution is 5.27. The van der Waals surface area contributed by atoms with Gasteiger partial charge < -0.3 is 15.0 Å². The van der Waals surface area contributed by atoms with Crippen LogP contribution in [0.2, 0.25) is 0 Å². The van der Waals surface area contributed by atoms with Crippen molar-refractivity contribution in [2.24, 2.45) is 0 Å². The molecule has 19 heavy (non-hydrogen) atoms. The van der Waals surface area contributed by atoms with Crippen LogP contribution < -0.4 is 10.1 Å². The zero-order chi connectivity index (χ0) is 13.5. The first kappa shape index (κ1) is 14.4. The zero-order valence-electron chi connectivity index (χ0n) is 12.2. The molecule has 0 aliphatic heterocycles. The van der Waals surface area contributed by atoms with Crippen molar-refractivity contribution in [1.29, 1.82) is 0 Å². The topological polar surface area (TPSA) is 24.5 Å². The van der Waals surface area contributed by atoms with E-state index in [1.165, 1.54) is 24.8 Å². The van der Waals surface area contributed by atoms with Crippen molar-refractivity contribution in [2.45, 2.75) is 38.8 Å². The van der Waals surface area contributed by atoms with Gasteiger partial charge in [0, 0.05) is 19.1 Å². The number of likely N-dealkylation sites (N-methyl/N-ethyl adjacent to an activating group) is 1. The van der Waals surface area contributed by atoms with Crippen molar-refractivity contribution < 1.29 is 4.74 Å². The zero-order valence-corrected chi connectivity index (χ0v) is 12.2. The maximum Gasteiger partial charge on any atom is 0.119 e. The van der Waals surface area contributed by atoms with Gasteiger partial charge in [-0.3, -0.25) is 0 Å². The fourth-order valence-corrected chi connectivity index (χ4v) is 2.29. The number of nitrogens with one attached hydrogen (secondary N) is 1. The number of nitrogens with zero attached hydrogens (tertiary/aromatic N) is 1. The molecule has 3 heteroatoms. The average Bonchev–Trinajstić information content (AvgIpc) is 2.36. The van der Waals surface area contributed by atoms with E-state index < -0.39 is 0 Å². The quantitative estimate of drug-likeness (QED) is 0.779. The van der Waals surface area contributed by atoms with Crippen LogP contribution in [0.4, 0.5) is 0 Å². The van der Waals surface area contributed by atoms with Crippen molar-refractivity contribution in [3.05, 3.63) is 29.8 Å². The molecule has 106 valence electrons. The summed E-state index contributed by atoms with van der Waals surface area (Å²) in [6.45, 7) is 5.85. The highest BCUT2D eigenvalue weighted by Gasteiger charge is 2.21. The van der Waals surface area contributed by atoms with E-state index in [-0.39, 0.29) is 0 Å². The second kappa shape index (κ2) is 7.51. The first-order valence-electron chi connectivity index (χ1n) is 7.42. The van der Waals surface area contributed by atoms with Crippen LogP contribution in [0.15, 0.2) is 24.3 Å². The van der Waals surface area contributed by atoms with Gasteiger partial charge >= 0.3 is 0 Å². The molecule has 0 heterocycles. The van der Waals surface area contributed by atoms with Gasteiger partial charge in [-0.05, 0) is 44.1 Å². The summed E-state index contributed by atoms with van der Waals surface area (Å²) in [7, 11) is 2.20. The number of ether oxygens (including phenoxy) is 1. The summed E-state index contributed by atoms with van der Waals surface area (Å²) in [5.41, 5.74) is 1.31. The fourth-order valence-electron chi connectivity index (χ4n) is 2.29. The fraction of sp³-hybridized carbons (Fsp3) is 0.625. The normalized spacial score (nSPS) is 15.5. The van der Waals surface area contributed by atoms with E-state index >= 15 is 0 Å². The van der Waals surface area contributed by atoms with Gasteiger partial charge in [0.05, 0.1) is 0 Å². The molecule has 0 saturated heterocycles. The van der Waals surface area contributed by atoms with Crippen LogP contribution >= 0.6 is 0 Å². The summed E-state index contributed by atoms with van der Waals surface area (Å²) in [5.74, 6) is 0.974. The summed E-state index contributed by atoms with van der Waals surface area (Å²) < 4.78 is 5.79. The van der Waals surface area contributed by atoms with Gasteiger partial charge in [-0.25, -0.2) is 0 Å². The van der Waals surface area contributed by atoms with Crippen LogP contribution in [0.1, 0.15) is 31.7 Å². The van der Waals surface area contributed by atoms with Crippen molar-refractivity contribution in [1.82, 2.24) is 10.2 Å². The molecular weight excluding hydrogens is 236 g/mol. The van der Waals surface area contributed by atoms with Gasteiger partial charge in [0.15, 0.2) is 0 Å². The predicted molar refractivity (Wildman–Crippen MR) is 79.6 cm³/mol. The van der Waals surface area contributed by atoms with Crippen LogP contribution in [-0.2, 0) is 6.54 Å². The van der Waals surface area contributed by atoms with Gasteiger partial charge in [-0.1, -0.05) is 25.5 Å². The molecule has 1 aromatic carbocycles. The Hall–Kier alpha value is -1.06. The number of rotatable bonds is 8. The molecule has 3 nitrogen and oxygen atoms in total. The summed E-state index contributed by atoms with van der Waals surface area (Å²) in [5, 5.41) is 3.32. The highest BCUT2D eigenvalue weighted by Crippen LogP contribution is 2.23. The molecule has 0 spiro atoms. The van der Waals surface area contributed by atoms with Crippen LogP contribution in [-0.4, -0.2) is 37.7 Å². The lowest BCUT2D eigenvalue weighted by Gasteiger charge is -2.34. The minimum atomic E-state index is 0.777. The van der Waals surface area contributed by atoms with E-state index in [4.69, 9.17) is 4.74 Å². The molecule has 1 N–H and O–H groups in total. The molecule has 1 saturated carbocycles. The Morgan fingerprint density at radius 3 is 2.58 bits per heavy atom. The molecule has 0 unspecified atom stereocenters. The lowest BCUT2D eigenvalue weighted by molar-refractivity contribution is 0.135. The van der Waals surface area contributed by atoms with E-state index in [1.807, 2.05) is 0 Å². The van der Waals surface area contributed by atoms with Crippen molar-refractivity contribution in [3.63, 3.8) is 0 Å². The molecule has 1 aliphatic rings. The van der Waals surface area contributed by atoms with E-state index in [1.54, 1.807) is 0 Å². The Kier molecular flexibility index (Phi) is 5.67. The second-order valence-corrected chi connectivity index (χ2v) is 5.34. The number of benzene rings is 1. The molecule has 0 amide bonds. The Balaban J connectivity index is 1.67. The molecule has 1 aliphatic carbocycles. The maximum atomic E-state index is 5.79. The summed E-state index contributed by atoms with van der Waals surface area (Å²) >= 11 is 0. The first-order valence-corrected chi connectivity index (χ1v) is 7.42. The lowest BCUT2D eigenvalue weighted by Crippen LogP contribution is -2.39. The first-order chi connectivity index (χ1) is 9.29. The average molecular weight is 262 g/mol. The molecule has 1 aromatic rings. The van der Waals surface area contributed by atoms with Crippen LogP contribution in [0.5, 0.6) is 5.75 Å². The molecule has 0 radical (unpaired) electrons. The second-order valence-electron chi connectivity index (χ2n) is 5.34. The monoisotopic (exact) mass is 262 g/mol. The Bertz CT molecular complexity index is 360. The summed E-state index contributed by atoms with van der Waals surface area (Å²) in [6.07, 6.45) is 4.11. The van der Waals surface area contributed by atoms with Gasteiger partial charge in [-0.15, -0.1) is 0 Å². The predicted octanol–water partition coefficient (Wildman–Crippen LogP) is 2.66. The van der Waals surface area contributed by atoms with Crippen molar-refractivity contribution in [2.75, 3.05) is 26.7 Å². The SMILES string of the molecule is CCNCc1ccc(OCCN(C)C2CCC2)cc1. The maximum absolute atomic E-state index is 5.79. The van der Waals surface area contributed by atoms with Crippen LogP contribution in [0.3, 0.4) is 0 Å². The Labute approximate surface area is 116 Å². The van der Waals surface area contributed by atoms with Gasteiger partial charge in [0.1, 0.15) is 12.4 Å². The van der Waals surface area contributed by atoms with E-state index in [0.717, 1.165) is 38.0 Å². The third-order valence-electron chi connectivity index (χ3n) is 3.91. The summed E-state index contributed by atoms with van der Waals surface area (Å²) in [6, 6.07) is 9.19. The summed E-state index contributed by atoms with van der Waals surface area (Å²) in [4.78, 5) is 2.42. The molecular formula is C16H26N2O. The number of hydrogen-bond acceptors (Lipinski definition) is 3. The molecule has 0 aromatic heterocycles. The Morgan fingerprint density at radius 2 is 2.00 bits per heavy atom. The van der Waals surface area contributed by atoms with E-state index in [0.29, 0.717) is 0 Å². The molecule has 2 rings (SSSR count). The molecule has 1 fully saturated rings. The Morgan fingerprint density at radius 1 is 1.26 bits per heavy atom. The minimum absolute atomic E-state index is 0.777. The van der Waals surface area contributed by atoms with Gasteiger partial charge in [0.2, 0.25) is 0 Å². The largest absolute Gasteiger partial charge is 0.492 e. The number of hydrogen-bond donors (Lipinski definition) is 1. The highest BCUT2D eigenvalue weighted by atomic mass is 16.5. The smallest absolute Gasteiger partial charge is 0.119 e. The third kappa shape index (κ3) is 4.51. The molecule has 0 bridgehead atoms. The third-order valence-corrected chi connectivity index (χ3v) is 3.91. The van der Waals surface area contributed by atoms with E-state index in [9.17, 15) is 0 Å². The van der Waals surface area contributed by atoms with Crippen LogP contribution in [0.25, 0.3) is 0 Å². The van der Waals surface area contributed by atoms with E-state index in [2.05, 4.69) is 48.5 Å². The standard InChI is InChI=1S/C16H26N2O/c1-3-17-13-14-7-9-16(10-8-14)19-12-11-18(2)15-5-4-6-15/h7-10,15,17H,3-6,11-13H2,1-2H3. The molecule has 0 atom stereocenters. The minimum Gasteiger partial charge on any atom is -0.492 e. The van der Waals surface area contributed by atoms with Crippen molar-refractivity contribution >= 4 is 0 Å².